The van der Waals surface area contributed by atoms with Crippen LogP contribution in [0.5, 0.6) is 5.75 Å². The Morgan fingerprint density at radius 2 is 2.00 bits per heavy atom. The zero-order valence-electron chi connectivity index (χ0n) is 14.2. The van der Waals surface area contributed by atoms with E-state index in [0.717, 1.165) is 42.1 Å². The van der Waals surface area contributed by atoms with Crippen LogP contribution in [0.4, 0.5) is 16.3 Å². The van der Waals surface area contributed by atoms with E-state index in [1.165, 1.54) is 5.57 Å². The summed E-state index contributed by atoms with van der Waals surface area (Å²) in [6, 6.07) is 6.92. The third-order valence-corrected chi connectivity index (χ3v) is 4.16. The molecule has 1 heterocycles. The summed E-state index contributed by atoms with van der Waals surface area (Å²) in [4.78, 5) is 12.4. The lowest BCUT2D eigenvalue weighted by Crippen LogP contribution is -2.21. The summed E-state index contributed by atoms with van der Waals surface area (Å²) in [6.45, 7) is 1.97. The molecule has 0 aliphatic heterocycles. The average molecular weight is 326 g/mol. The summed E-state index contributed by atoms with van der Waals surface area (Å²) in [5, 5.41) is 10.2. The maximum atomic E-state index is 12.4. The number of rotatable bonds is 4. The van der Waals surface area contributed by atoms with E-state index in [4.69, 9.17) is 4.74 Å². The van der Waals surface area contributed by atoms with Gasteiger partial charge in [-0.25, -0.2) is 4.79 Å². The summed E-state index contributed by atoms with van der Waals surface area (Å²) in [5.74, 6) is 1.48. The minimum Gasteiger partial charge on any atom is -0.497 e. The van der Waals surface area contributed by atoms with Crippen molar-refractivity contribution in [1.82, 2.24) is 9.78 Å². The van der Waals surface area contributed by atoms with Gasteiger partial charge in [-0.15, -0.1) is 0 Å². The summed E-state index contributed by atoms with van der Waals surface area (Å²) in [7, 11) is 3.45. The number of amides is 2. The molecule has 0 atom stereocenters. The molecule has 1 aromatic heterocycles. The third kappa shape index (κ3) is 3.27. The minimum absolute atomic E-state index is 0.289. The second-order valence-electron chi connectivity index (χ2n) is 5.86. The van der Waals surface area contributed by atoms with E-state index in [0.29, 0.717) is 5.69 Å². The zero-order valence-corrected chi connectivity index (χ0v) is 14.2. The summed E-state index contributed by atoms with van der Waals surface area (Å²) < 4.78 is 6.83. The maximum Gasteiger partial charge on any atom is 0.324 e. The third-order valence-electron chi connectivity index (χ3n) is 4.16. The molecular formula is C18H22N4O2. The lowest BCUT2D eigenvalue weighted by Gasteiger charge is -2.11. The second-order valence-corrected chi connectivity index (χ2v) is 5.86. The van der Waals surface area contributed by atoms with Crippen molar-refractivity contribution >= 4 is 23.1 Å². The lowest BCUT2D eigenvalue weighted by molar-refractivity contribution is 0.262. The van der Waals surface area contributed by atoms with Crippen molar-refractivity contribution in [2.45, 2.75) is 26.2 Å². The number of methoxy groups -OCH3 is 1. The fourth-order valence-corrected chi connectivity index (χ4v) is 3.03. The fraction of sp³-hybridized carbons (Fsp3) is 0.333. The molecule has 0 saturated carbocycles. The number of aromatic nitrogens is 2. The Balaban J connectivity index is 1.76. The van der Waals surface area contributed by atoms with Crippen molar-refractivity contribution in [2.75, 3.05) is 17.7 Å². The quantitative estimate of drug-likeness (QED) is 0.894. The van der Waals surface area contributed by atoms with Gasteiger partial charge in [0.15, 0.2) is 0 Å². The molecule has 0 saturated heterocycles. The molecule has 0 spiro atoms. The van der Waals surface area contributed by atoms with Crippen molar-refractivity contribution in [1.29, 1.82) is 0 Å². The van der Waals surface area contributed by atoms with Gasteiger partial charge in [-0.05, 0) is 56.0 Å². The standard InChI is InChI=1S/C18H22N4O2/c1-12-16(13-6-4-5-7-13)17(22(2)21-12)20-18(23)19-14-8-10-15(24-3)11-9-14/h6,8-11H,4-5,7H2,1-3H3,(H2,19,20,23). The van der Waals surface area contributed by atoms with Gasteiger partial charge in [-0.1, -0.05) is 6.08 Å². The van der Waals surface area contributed by atoms with Crippen LogP contribution >= 0.6 is 0 Å². The summed E-state index contributed by atoms with van der Waals surface area (Å²) in [5.41, 5.74) is 3.94. The number of hydrogen-bond acceptors (Lipinski definition) is 3. The average Bonchev–Trinajstić information content (AvgIpc) is 3.17. The SMILES string of the molecule is COc1ccc(NC(=O)Nc2c(C3=CCCC3)c(C)nn2C)cc1. The molecule has 126 valence electrons. The van der Waals surface area contributed by atoms with E-state index in [9.17, 15) is 4.79 Å². The summed E-state index contributed by atoms with van der Waals surface area (Å²) >= 11 is 0. The highest BCUT2D eigenvalue weighted by Gasteiger charge is 2.20. The van der Waals surface area contributed by atoms with E-state index in [2.05, 4.69) is 21.8 Å². The zero-order chi connectivity index (χ0) is 17.1. The molecule has 0 fully saturated rings. The van der Waals surface area contributed by atoms with Gasteiger partial charge in [-0.3, -0.25) is 10.00 Å². The number of aryl methyl sites for hydroxylation is 2. The Morgan fingerprint density at radius 1 is 1.25 bits per heavy atom. The number of carbonyl (C=O) groups excluding carboxylic acids is 1. The monoisotopic (exact) mass is 326 g/mol. The molecule has 0 bridgehead atoms. The fourth-order valence-electron chi connectivity index (χ4n) is 3.03. The molecule has 1 aromatic carbocycles. The van der Waals surface area contributed by atoms with Crippen LogP contribution in [0.25, 0.3) is 5.57 Å². The Labute approximate surface area is 141 Å². The number of allylic oxidation sites excluding steroid dienone is 2. The highest BCUT2D eigenvalue weighted by atomic mass is 16.5. The molecule has 1 aliphatic rings. The van der Waals surface area contributed by atoms with Gasteiger partial charge in [-0.2, -0.15) is 5.10 Å². The first kappa shape index (κ1) is 16.1. The van der Waals surface area contributed by atoms with E-state index < -0.39 is 0 Å². The number of urea groups is 1. The topological polar surface area (TPSA) is 68.2 Å². The summed E-state index contributed by atoms with van der Waals surface area (Å²) in [6.07, 6.45) is 5.50. The van der Waals surface area contributed by atoms with Crippen LogP contribution in [-0.2, 0) is 7.05 Å². The molecule has 24 heavy (non-hydrogen) atoms. The maximum absolute atomic E-state index is 12.4. The van der Waals surface area contributed by atoms with Gasteiger partial charge in [0, 0.05) is 18.3 Å². The first-order chi connectivity index (χ1) is 11.6. The molecular weight excluding hydrogens is 304 g/mol. The van der Waals surface area contributed by atoms with Crippen molar-refractivity contribution < 1.29 is 9.53 Å². The van der Waals surface area contributed by atoms with Crippen LogP contribution in [0.15, 0.2) is 30.3 Å². The van der Waals surface area contributed by atoms with Crippen LogP contribution in [0.2, 0.25) is 0 Å². The minimum atomic E-state index is -0.289. The molecule has 6 heteroatoms. The molecule has 2 N–H and O–H groups in total. The Bertz CT molecular complexity index is 775. The molecule has 0 unspecified atom stereocenters. The number of nitrogens with one attached hydrogen (secondary N) is 2. The van der Waals surface area contributed by atoms with Gasteiger partial charge in [0.1, 0.15) is 11.6 Å². The number of nitrogens with zero attached hydrogens (tertiary/aromatic N) is 2. The molecule has 2 aromatic rings. The Hall–Kier alpha value is -2.76. The van der Waals surface area contributed by atoms with Crippen molar-refractivity contribution in [3.8, 4) is 5.75 Å². The van der Waals surface area contributed by atoms with Crippen LogP contribution in [0.3, 0.4) is 0 Å². The van der Waals surface area contributed by atoms with Crippen LogP contribution in [-0.4, -0.2) is 22.9 Å². The molecule has 6 nitrogen and oxygen atoms in total. The smallest absolute Gasteiger partial charge is 0.324 e. The van der Waals surface area contributed by atoms with Gasteiger partial charge in [0.25, 0.3) is 0 Å². The number of benzene rings is 1. The van der Waals surface area contributed by atoms with Crippen molar-refractivity contribution in [3.63, 3.8) is 0 Å². The van der Waals surface area contributed by atoms with Crippen molar-refractivity contribution in [3.05, 3.63) is 41.6 Å². The molecule has 2 amide bonds. The van der Waals surface area contributed by atoms with E-state index in [-0.39, 0.29) is 6.03 Å². The molecule has 3 rings (SSSR count). The van der Waals surface area contributed by atoms with Crippen molar-refractivity contribution in [2.24, 2.45) is 7.05 Å². The van der Waals surface area contributed by atoms with E-state index in [1.807, 2.05) is 14.0 Å². The highest BCUT2D eigenvalue weighted by Crippen LogP contribution is 2.34. The second kappa shape index (κ2) is 6.78. The Morgan fingerprint density at radius 3 is 2.62 bits per heavy atom. The number of anilines is 2. The van der Waals surface area contributed by atoms with E-state index in [1.54, 1.807) is 36.1 Å². The van der Waals surface area contributed by atoms with Gasteiger partial charge in [0.2, 0.25) is 0 Å². The number of hydrogen-bond donors (Lipinski definition) is 2. The van der Waals surface area contributed by atoms with Crippen LogP contribution in [0, 0.1) is 6.92 Å². The van der Waals surface area contributed by atoms with Crippen LogP contribution < -0.4 is 15.4 Å². The number of carbonyl (C=O) groups is 1. The number of ether oxygens (including phenoxy) is 1. The Kier molecular flexibility index (Phi) is 4.55. The normalized spacial score (nSPS) is 13.5. The first-order valence-corrected chi connectivity index (χ1v) is 8.03. The predicted octanol–water partition coefficient (Wildman–Crippen LogP) is 3.95. The van der Waals surface area contributed by atoms with Gasteiger partial charge < -0.3 is 10.1 Å². The molecule has 1 aliphatic carbocycles. The lowest BCUT2D eigenvalue weighted by atomic mass is 10.1. The van der Waals surface area contributed by atoms with Gasteiger partial charge in [0.05, 0.1) is 12.8 Å². The van der Waals surface area contributed by atoms with E-state index >= 15 is 0 Å². The van der Waals surface area contributed by atoms with Crippen LogP contribution in [0.1, 0.15) is 30.5 Å². The first-order valence-electron chi connectivity index (χ1n) is 8.03. The van der Waals surface area contributed by atoms with Gasteiger partial charge >= 0.3 is 6.03 Å². The highest BCUT2D eigenvalue weighted by molar-refractivity contribution is 6.01. The molecule has 0 radical (unpaired) electrons. The predicted molar refractivity (Wildman–Crippen MR) is 95.4 cm³/mol. The largest absolute Gasteiger partial charge is 0.497 e.